The lowest BCUT2D eigenvalue weighted by Crippen LogP contribution is -2.47. The number of aromatic nitrogens is 2. The van der Waals surface area contributed by atoms with Crippen molar-refractivity contribution in [3.63, 3.8) is 0 Å². The largest absolute Gasteiger partial charge is 0.416 e. The average molecular weight is 551 g/mol. The summed E-state index contributed by atoms with van der Waals surface area (Å²) in [6, 6.07) is 19.0. The molecular formula is C30H26F4N4O2. The molecule has 5 rings (SSSR count). The van der Waals surface area contributed by atoms with E-state index in [1.807, 2.05) is 30.3 Å². The molecule has 1 aliphatic heterocycles. The van der Waals surface area contributed by atoms with E-state index in [1.54, 1.807) is 23.7 Å². The highest BCUT2D eigenvalue weighted by atomic mass is 19.4. The minimum atomic E-state index is -4.62. The molecule has 0 radical (unpaired) electrons. The van der Waals surface area contributed by atoms with Crippen molar-refractivity contribution in [3.8, 4) is 5.69 Å². The number of carbonyl (C=O) groups excluding carboxylic acids is 2. The summed E-state index contributed by atoms with van der Waals surface area (Å²) in [5.74, 6) is -2.69. The van der Waals surface area contributed by atoms with Gasteiger partial charge in [0.25, 0.3) is 0 Å². The van der Waals surface area contributed by atoms with Gasteiger partial charge in [0.2, 0.25) is 5.91 Å². The number of ketones is 1. The molecule has 2 N–H and O–H groups in total. The number of halogens is 4. The van der Waals surface area contributed by atoms with Gasteiger partial charge in [-0.1, -0.05) is 42.5 Å². The number of fused-ring (bicyclic) bond motifs is 1. The molecule has 0 saturated heterocycles. The average Bonchev–Trinajstić information content (AvgIpc) is 3.28. The Kier molecular flexibility index (Phi) is 7.29. The van der Waals surface area contributed by atoms with Crippen LogP contribution in [0.1, 0.15) is 45.1 Å². The number of hydrogen-bond acceptors (Lipinski definition) is 4. The van der Waals surface area contributed by atoms with Crippen molar-refractivity contribution in [1.29, 1.82) is 0 Å². The molecule has 6 nitrogen and oxygen atoms in total. The van der Waals surface area contributed by atoms with Crippen LogP contribution in [0.25, 0.3) is 5.69 Å². The van der Waals surface area contributed by atoms with Gasteiger partial charge in [-0.25, -0.2) is 9.07 Å². The van der Waals surface area contributed by atoms with Crippen LogP contribution in [0.2, 0.25) is 0 Å². The second-order valence-electron chi connectivity index (χ2n) is 9.69. The summed E-state index contributed by atoms with van der Waals surface area (Å²) in [5, 5.41) is 4.73. The SMILES string of the molecule is Cc1nn(-c2ccccc2)c2c1[C@H](c1ccc(F)cc1)[C@H](CC(=O)c1cccc(C(F)(F)F)c1)C(=O)N2CCN. The summed E-state index contributed by atoms with van der Waals surface area (Å²) in [4.78, 5) is 29.0. The fourth-order valence-electron chi connectivity index (χ4n) is 5.35. The van der Waals surface area contributed by atoms with Gasteiger partial charge >= 0.3 is 6.18 Å². The number of Topliss-reactive ketones (excluding diaryl/α,β-unsaturated/α-hetero) is 1. The van der Waals surface area contributed by atoms with Crippen LogP contribution in [-0.4, -0.2) is 34.6 Å². The van der Waals surface area contributed by atoms with Crippen molar-refractivity contribution in [2.24, 2.45) is 11.7 Å². The van der Waals surface area contributed by atoms with Crippen LogP contribution in [0.3, 0.4) is 0 Å². The zero-order chi connectivity index (χ0) is 28.6. The van der Waals surface area contributed by atoms with E-state index < -0.39 is 41.1 Å². The van der Waals surface area contributed by atoms with Crippen molar-refractivity contribution in [3.05, 3.63) is 113 Å². The molecule has 1 aliphatic rings. The molecule has 3 aromatic carbocycles. The van der Waals surface area contributed by atoms with Crippen LogP contribution < -0.4 is 10.6 Å². The highest BCUT2D eigenvalue weighted by Gasteiger charge is 2.45. The van der Waals surface area contributed by atoms with Crippen molar-refractivity contribution < 1.29 is 27.2 Å². The lowest BCUT2D eigenvalue weighted by atomic mass is 9.74. The Bertz CT molecular complexity index is 1550. The molecule has 0 spiro atoms. The summed E-state index contributed by atoms with van der Waals surface area (Å²) >= 11 is 0. The fourth-order valence-corrected chi connectivity index (χ4v) is 5.35. The van der Waals surface area contributed by atoms with Crippen molar-refractivity contribution >= 4 is 17.5 Å². The van der Waals surface area contributed by atoms with Gasteiger partial charge < -0.3 is 5.73 Å². The number of benzene rings is 3. The normalized spacial score (nSPS) is 17.1. The minimum Gasteiger partial charge on any atom is -0.329 e. The monoisotopic (exact) mass is 550 g/mol. The van der Waals surface area contributed by atoms with Gasteiger partial charge in [-0.15, -0.1) is 0 Å². The quantitative estimate of drug-likeness (QED) is 0.238. The van der Waals surface area contributed by atoms with Gasteiger partial charge in [-0.3, -0.25) is 14.5 Å². The van der Waals surface area contributed by atoms with E-state index in [4.69, 9.17) is 10.8 Å². The van der Waals surface area contributed by atoms with Gasteiger partial charge in [0.05, 0.1) is 22.9 Å². The molecule has 0 aliphatic carbocycles. The van der Waals surface area contributed by atoms with Crippen LogP contribution >= 0.6 is 0 Å². The second kappa shape index (κ2) is 10.7. The summed E-state index contributed by atoms with van der Waals surface area (Å²) < 4.78 is 55.6. The molecule has 0 saturated carbocycles. The van der Waals surface area contributed by atoms with E-state index in [1.165, 1.54) is 29.2 Å². The first-order chi connectivity index (χ1) is 19.1. The highest BCUT2D eigenvalue weighted by Crippen LogP contribution is 2.47. The zero-order valence-corrected chi connectivity index (χ0v) is 21.5. The summed E-state index contributed by atoms with van der Waals surface area (Å²) in [6.07, 6.45) is -4.98. The van der Waals surface area contributed by atoms with E-state index in [2.05, 4.69) is 0 Å². The number of nitrogens with zero attached hydrogens (tertiary/aromatic N) is 3. The Morgan fingerprint density at radius 2 is 1.70 bits per heavy atom. The van der Waals surface area contributed by atoms with Gasteiger partial charge in [-0.05, 0) is 48.9 Å². The van der Waals surface area contributed by atoms with Crippen molar-refractivity contribution in [1.82, 2.24) is 9.78 Å². The number of rotatable bonds is 7. The molecule has 2 heterocycles. The third kappa shape index (κ3) is 5.02. The van der Waals surface area contributed by atoms with Crippen LogP contribution in [0.4, 0.5) is 23.4 Å². The van der Waals surface area contributed by atoms with Crippen LogP contribution in [0.15, 0.2) is 78.9 Å². The third-order valence-electron chi connectivity index (χ3n) is 7.13. The molecule has 10 heteroatoms. The first-order valence-corrected chi connectivity index (χ1v) is 12.7. The number of nitrogens with two attached hydrogens (primary N) is 1. The number of aryl methyl sites for hydroxylation is 1. The van der Waals surface area contributed by atoms with Crippen LogP contribution in [0, 0.1) is 18.7 Å². The lowest BCUT2D eigenvalue weighted by molar-refractivity contribution is -0.137. The van der Waals surface area contributed by atoms with Gasteiger partial charge in [0.1, 0.15) is 11.6 Å². The summed E-state index contributed by atoms with van der Waals surface area (Å²) in [5.41, 5.74) is 7.36. The molecule has 4 aromatic rings. The van der Waals surface area contributed by atoms with Gasteiger partial charge in [-0.2, -0.15) is 18.3 Å². The third-order valence-corrected chi connectivity index (χ3v) is 7.13. The Morgan fingerprint density at radius 1 is 1.00 bits per heavy atom. The number of amides is 1. The van der Waals surface area contributed by atoms with E-state index in [-0.39, 0.29) is 25.1 Å². The number of anilines is 1. The smallest absolute Gasteiger partial charge is 0.329 e. The van der Waals surface area contributed by atoms with E-state index >= 15 is 0 Å². The number of alkyl halides is 3. The van der Waals surface area contributed by atoms with Crippen LogP contribution in [0.5, 0.6) is 0 Å². The van der Waals surface area contributed by atoms with E-state index in [9.17, 15) is 27.2 Å². The second-order valence-corrected chi connectivity index (χ2v) is 9.69. The molecule has 2 atom stereocenters. The fraction of sp³-hybridized carbons (Fsp3) is 0.233. The Hall–Kier alpha value is -4.31. The lowest BCUT2D eigenvalue weighted by Gasteiger charge is -2.38. The highest BCUT2D eigenvalue weighted by molar-refractivity contribution is 6.04. The number of carbonyl (C=O) groups is 2. The molecule has 0 bridgehead atoms. The molecule has 40 heavy (non-hydrogen) atoms. The first kappa shape index (κ1) is 27.3. The maximum atomic E-state index is 14.1. The van der Waals surface area contributed by atoms with Crippen LogP contribution in [-0.2, 0) is 11.0 Å². The zero-order valence-electron chi connectivity index (χ0n) is 21.5. The topological polar surface area (TPSA) is 81.2 Å². The minimum absolute atomic E-state index is 0.125. The molecule has 0 unspecified atom stereocenters. The van der Waals surface area contributed by atoms with Gasteiger partial charge in [0, 0.05) is 36.6 Å². The maximum absolute atomic E-state index is 14.1. The first-order valence-electron chi connectivity index (χ1n) is 12.7. The van der Waals surface area contributed by atoms with E-state index in [0.29, 0.717) is 28.3 Å². The van der Waals surface area contributed by atoms with Crippen molar-refractivity contribution in [2.45, 2.75) is 25.4 Å². The summed E-state index contributed by atoms with van der Waals surface area (Å²) in [7, 11) is 0. The number of para-hydroxylation sites is 1. The molecule has 1 amide bonds. The number of hydrogen-bond donors (Lipinski definition) is 1. The Balaban J connectivity index is 1.66. The van der Waals surface area contributed by atoms with Gasteiger partial charge in [0.15, 0.2) is 5.78 Å². The Morgan fingerprint density at radius 3 is 2.35 bits per heavy atom. The molecule has 206 valence electrons. The van der Waals surface area contributed by atoms with E-state index in [0.717, 1.165) is 12.1 Å². The molecule has 0 fully saturated rings. The maximum Gasteiger partial charge on any atom is 0.416 e. The predicted molar refractivity (Wildman–Crippen MR) is 142 cm³/mol. The van der Waals surface area contributed by atoms with Crippen molar-refractivity contribution in [2.75, 3.05) is 18.0 Å². The molecular weight excluding hydrogens is 524 g/mol. The predicted octanol–water partition coefficient (Wildman–Crippen LogP) is 5.67. The molecule has 1 aromatic heterocycles. The summed E-state index contributed by atoms with van der Waals surface area (Å²) in [6.45, 7) is 2.05. The standard InChI is InChI=1S/C30H26F4N4O2/c1-18-26-27(19-10-12-22(31)13-11-19)24(17-25(39)20-6-5-7-21(16-20)30(32,33)34)29(40)37(15-14-35)28(26)38(36-18)23-8-3-2-4-9-23/h2-13,16,24,27H,14-15,17,35H2,1H3/t24-,27+/m0/s1. The Labute approximate surface area is 228 Å².